The highest BCUT2D eigenvalue weighted by molar-refractivity contribution is 7.18. The fourth-order valence-electron chi connectivity index (χ4n) is 1.75. The predicted molar refractivity (Wildman–Crippen MR) is 73.1 cm³/mol. The van der Waals surface area contributed by atoms with Crippen molar-refractivity contribution in [2.75, 3.05) is 0 Å². The summed E-state index contributed by atoms with van der Waals surface area (Å²) in [6.45, 7) is 6.18. The maximum Gasteiger partial charge on any atom is 0.450 e. The maximum absolute atomic E-state index is 12.2. The van der Waals surface area contributed by atoms with Gasteiger partial charge in [-0.05, 0) is 23.1 Å². The number of ketones is 1. The Hall–Kier alpha value is -1.43. The zero-order valence-corrected chi connectivity index (χ0v) is 12.2. The van der Waals surface area contributed by atoms with Gasteiger partial charge in [-0.2, -0.15) is 13.2 Å². The van der Waals surface area contributed by atoms with E-state index in [4.69, 9.17) is 0 Å². The van der Waals surface area contributed by atoms with Crippen molar-refractivity contribution in [2.45, 2.75) is 38.8 Å². The lowest BCUT2D eigenvalue weighted by molar-refractivity contribution is -0.170. The minimum absolute atomic E-state index is 0.0415. The Labute approximate surface area is 118 Å². The normalized spacial score (nSPS) is 12.9. The molecule has 0 aliphatic heterocycles. The van der Waals surface area contributed by atoms with E-state index in [1.165, 1.54) is 0 Å². The van der Waals surface area contributed by atoms with E-state index in [1.807, 2.05) is 12.1 Å². The van der Waals surface area contributed by atoms with Crippen molar-refractivity contribution in [3.8, 4) is 0 Å². The largest absolute Gasteiger partial charge is 0.450 e. The molecule has 0 aliphatic carbocycles. The molecule has 0 fully saturated rings. The Balaban J connectivity index is 2.33. The van der Waals surface area contributed by atoms with E-state index in [1.54, 1.807) is 6.07 Å². The second-order valence-electron chi connectivity index (χ2n) is 5.64. The van der Waals surface area contributed by atoms with Gasteiger partial charge in [-0.3, -0.25) is 4.79 Å². The van der Waals surface area contributed by atoms with E-state index < -0.39 is 18.4 Å². The fourth-order valence-corrected chi connectivity index (χ4v) is 2.76. The van der Waals surface area contributed by atoms with Crippen molar-refractivity contribution in [2.24, 2.45) is 0 Å². The van der Waals surface area contributed by atoms with Crippen LogP contribution in [0, 0.1) is 0 Å². The highest BCUT2D eigenvalue weighted by Gasteiger charge is 2.38. The van der Waals surface area contributed by atoms with Crippen molar-refractivity contribution in [1.82, 2.24) is 4.98 Å². The number of Topliss-reactive ketones (excluding diaryl/α,β-unsaturated/α-hetero) is 1. The second-order valence-corrected chi connectivity index (χ2v) is 6.75. The Kier molecular flexibility index (Phi) is 3.62. The number of rotatable bonds is 2. The number of nitrogens with zero attached hydrogens (tertiary/aromatic N) is 1. The number of carbonyl (C=O) groups is 1. The molecule has 6 heteroatoms. The minimum atomic E-state index is -4.80. The second kappa shape index (κ2) is 4.84. The van der Waals surface area contributed by atoms with Crippen molar-refractivity contribution in [3.63, 3.8) is 0 Å². The smallest absolute Gasteiger partial charge is 0.289 e. The van der Waals surface area contributed by atoms with Crippen LogP contribution in [0.5, 0.6) is 0 Å². The number of aromatic nitrogens is 1. The predicted octanol–water partition coefficient (Wildman–Crippen LogP) is 4.27. The van der Waals surface area contributed by atoms with Crippen LogP contribution in [0.2, 0.25) is 0 Å². The number of benzene rings is 1. The molecule has 2 rings (SSSR count). The van der Waals surface area contributed by atoms with Gasteiger partial charge in [-0.1, -0.05) is 26.8 Å². The van der Waals surface area contributed by atoms with Crippen LogP contribution in [0.4, 0.5) is 13.2 Å². The molecular weight excluding hydrogens is 287 g/mol. The van der Waals surface area contributed by atoms with E-state index in [9.17, 15) is 18.0 Å². The summed E-state index contributed by atoms with van der Waals surface area (Å²) in [5.41, 5.74) is 1.68. The Morgan fingerprint density at radius 1 is 1.25 bits per heavy atom. The van der Waals surface area contributed by atoms with Crippen LogP contribution in [0.1, 0.15) is 31.3 Å². The first kappa shape index (κ1) is 15.0. The summed E-state index contributed by atoms with van der Waals surface area (Å²) in [4.78, 5) is 15.1. The van der Waals surface area contributed by atoms with Crippen LogP contribution in [-0.2, 0) is 16.6 Å². The van der Waals surface area contributed by atoms with E-state index in [0.29, 0.717) is 5.52 Å². The molecule has 1 heterocycles. The molecule has 20 heavy (non-hydrogen) atoms. The van der Waals surface area contributed by atoms with Crippen molar-refractivity contribution < 1.29 is 18.0 Å². The number of fused-ring (bicyclic) bond motifs is 1. The fraction of sp³-hybridized carbons (Fsp3) is 0.429. The van der Waals surface area contributed by atoms with Crippen molar-refractivity contribution in [3.05, 3.63) is 28.8 Å². The van der Waals surface area contributed by atoms with Gasteiger partial charge in [0, 0.05) is 0 Å². The van der Waals surface area contributed by atoms with Crippen molar-refractivity contribution >= 4 is 27.3 Å². The number of hydrogen-bond acceptors (Lipinski definition) is 3. The van der Waals surface area contributed by atoms with Gasteiger partial charge in [0.15, 0.2) is 0 Å². The van der Waals surface area contributed by atoms with E-state index >= 15 is 0 Å². The summed E-state index contributed by atoms with van der Waals surface area (Å²) in [5, 5.41) is 0.202. The Morgan fingerprint density at radius 3 is 2.45 bits per heavy atom. The molecule has 0 saturated heterocycles. The summed E-state index contributed by atoms with van der Waals surface area (Å²) in [6.07, 6.45) is -5.48. The van der Waals surface area contributed by atoms with Gasteiger partial charge in [0.05, 0.1) is 16.6 Å². The highest BCUT2D eigenvalue weighted by atomic mass is 32.1. The monoisotopic (exact) mass is 301 g/mol. The third-order valence-electron chi connectivity index (χ3n) is 2.93. The molecule has 0 bridgehead atoms. The third-order valence-corrected chi connectivity index (χ3v) is 3.94. The van der Waals surface area contributed by atoms with Gasteiger partial charge >= 0.3 is 6.18 Å². The number of thiazole rings is 1. The molecule has 0 atom stereocenters. The number of halogens is 3. The summed E-state index contributed by atoms with van der Waals surface area (Å²) in [5.74, 6) is -1.76. The lowest BCUT2D eigenvalue weighted by atomic mass is 9.87. The van der Waals surface area contributed by atoms with E-state index in [2.05, 4.69) is 25.8 Å². The van der Waals surface area contributed by atoms with Crippen molar-refractivity contribution in [1.29, 1.82) is 0 Å². The molecule has 0 amide bonds. The van der Waals surface area contributed by atoms with Crippen LogP contribution >= 0.6 is 11.3 Å². The molecule has 0 N–H and O–H groups in total. The average molecular weight is 301 g/mol. The first-order valence-electron chi connectivity index (χ1n) is 6.07. The minimum Gasteiger partial charge on any atom is -0.289 e. The van der Waals surface area contributed by atoms with Gasteiger partial charge in [-0.15, -0.1) is 11.3 Å². The van der Waals surface area contributed by atoms with Gasteiger partial charge < -0.3 is 0 Å². The van der Waals surface area contributed by atoms with E-state index in [0.717, 1.165) is 21.6 Å². The molecule has 2 nitrogen and oxygen atoms in total. The maximum atomic E-state index is 12.2. The molecule has 0 unspecified atom stereocenters. The lowest BCUT2D eigenvalue weighted by Crippen LogP contribution is -2.24. The van der Waals surface area contributed by atoms with Crippen LogP contribution < -0.4 is 0 Å². The zero-order chi connectivity index (χ0) is 15.1. The first-order chi connectivity index (χ1) is 9.07. The quantitative estimate of drug-likeness (QED) is 0.829. The standard InChI is InChI=1S/C14H14F3NOS/c1-13(2,3)8-4-5-9-10(6-8)20-12(18-9)7-11(19)14(15,16)17/h4-6H,7H2,1-3H3. The molecular formula is C14H14F3NOS. The van der Waals surface area contributed by atoms with Crippen LogP contribution in [0.25, 0.3) is 10.2 Å². The molecule has 0 saturated carbocycles. The van der Waals surface area contributed by atoms with Gasteiger partial charge in [-0.25, -0.2) is 4.98 Å². The molecule has 2 aromatic rings. The van der Waals surface area contributed by atoms with Gasteiger partial charge in [0.1, 0.15) is 5.01 Å². The lowest BCUT2D eigenvalue weighted by Gasteiger charge is -2.18. The third kappa shape index (κ3) is 3.17. The van der Waals surface area contributed by atoms with Crippen LogP contribution in [-0.4, -0.2) is 16.9 Å². The molecule has 0 spiro atoms. The topological polar surface area (TPSA) is 30.0 Å². The molecule has 108 valence electrons. The van der Waals surface area contributed by atoms with Crippen LogP contribution in [0.15, 0.2) is 18.2 Å². The number of alkyl halides is 3. The summed E-state index contributed by atoms with van der Waals surface area (Å²) < 4.78 is 37.5. The summed E-state index contributed by atoms with van der Waals surface area (Å²) in [7, 11) is 0. The molecule has 1 aromatic carbocycles. The Bertz CT molecular complexity index is 652. The molecule has 1 aromatic heterocycles. The summed E-state index contributed by atoms with van der Waals surface area (Å²) in [6, 6.07) is 5.62. The molecule has 0 radical (unpaired) electrons. The van der Waals surface area contributed by atoms with E-state index in [-0.39, 0.29) is 10.4 Å². The highest BCUT2D eigenvalue weighted by Crippen LogP contribution is 2.30. The number of hydrogen-bond donors (Lipinski definition) is 0. The molecule has 0 aliphatic rings. The van der Waals surface area contributed by atoms with Gasteiger partial charge in [0.25, 0.3) is 0 Å². The average Bonchev–Trinajstić information content (AvgIpc) is 2.67. The zero-order valence-electron chi connectivity index (χ0n) is 11.3. The van der Waals surface area contributed by atoms with Gasteiger partial charge in [0.2, 0.25) is 5.78 Å². The number of carbonyl (C=O) groups excluding carboxylic acids is 1. The first-order valence-corrected chi connectivity index (χ1v) is 6.89. The van der Waals surface area contributed by atoms with Crippen LogP contribution in [0.3, 0.4) is 0 Å². The summed E-state index contributed by atoms with van der Waals surface area (Å²) >= 11 is 1.14. The Morgan fingerprint density at radius 2 is 1.90 bits per heavy atom. The SMILES string of the molecule is CC(C)(C)c1ccc2nc(CC(=O)C(F)(F)F)sc2c1.